The van der Waals surface area contributed by atoms with Crippen molar-refractivity contribution < 1.29 is 8.42 Å². The van der Waals surface area contributed by atoms with Gasteiger partial charge in [-0.25, -0.2) is 8.42 Å². The summed E-state index contributed by atoms with van der Waals surface area (Å²) in [6, 6.07) is 16.9. The summed E-state index contributed by atoms with van der Waals surface area (Å²) in [5, 5.41) is 0. The van der Waals surface area contributed by atoms with Crippen LogP contribution in [0.1, 0.15) is 18.1 Å². The molecule has 0 saturated heterocycles. The van der Waals surface area contributed by atoms with Crippen molar-refractivity contribution in [1.82, 2.24) is 4.31 Å². The molecule has 124 valence electrons. The molecule has 0 amide bonds. The molecular weight excluding hydrogens is 318 g/mol. The standard InChI is InChI=1S/C20H21NO2S/c1-15-9-11-19(12-10-15)24(22,23)21-13-16(2)20(14-21)17(3)18-7-5-4-6-8-18/h4-12H,3,13-14H2,1-2H3. The van der Waals surface area contributed by atoms with Gasteiger partial charge in [-0.1, -0.05) is 60.2 Å². The highest BCUT2D eigenvalue weighted by atomic mass is 32.2. The molecule has 4 heteroatoms. The Morgan fingerprint density at radius 1 is 0.958 bits per heavy atom. The molecule has 0 aromatic heterocycles. The van der Waals surface area contributed by atoms with Crippen LogP contribution in [0.4, 0.5) is 0 Å². The first-order valence-corrected chi connectivity index (χ1v) is 9.34. The molecule has 0 aliphatic carbocycles. The van der Waals surface area contributed by atoms with Crippen LogP contribution >= 0.6 is 0 Å². The van der Waals surface area contributed by atoms with Gasteiger partial charge in [0.25, 0.3) is 0 Å². The minimum atomic E-state index is -3.49. The summed E-state index contributed by atoms with van der Waals surface area (Å²) in [5.41, 5.74) is 5.04. The van der Waals surface area contributed by atoms with Crippen LogP contribution < -0.4 is 0 Å². The summed E-state index contributed by atoms with van der Waals surface area (Å²) < 4.78 is 27.3. The van der Waals surface area contributed by atoms with E-state index in [1.165, 1.54) is 4.31 Å². The molecule has 1 heterocycles. The van der Waals surface area contributed by atoms with Crippen LogP contribution in [0.15, 0.2) is 77.2 Å². The topological polar surface area (TPSA) is 37.4 Å². The maximum Gasteiger partial charge on any atom is 0.243 e. The van der Waals surface area contributed by atoms with E-state index in [0.29, 0.717) is 18.0 Å². The molecule has 1 aliphatic rings. The van der Waals surface area contributed by atoms with Crippen molar-refractivity contribution in [3.05, 3.63) is 83.4 Å². The predicted molar refractivity (Wildman–Crippen MR) is 98.1 cm³/mol. The molecule has 24 heavy (non-hydrogen) atoms. The molecule has 0 saturated carbocycles. The summed E-state index contributed by atoms with van der Waals surface area (Å²) in [6.07, 6.45) is 0. The van der Waals surface area contributed by atoms with E-state index in [9.17, 15) is 8.42 Å². The minimum absolute atomic E-state index is 0.340. The van der Waals surface area contributed by atoms with Gasteiger partial charge in [0.15, 0.2) is 0 Å². The van der Waals surface area contributed by atoms with Gasteiger partial charge in [-0.3, -0.25) is 0 Å². The molecule has 0 spiro atoms. The van der Waals surface area contributed by atoms with Gasteiger partial charge in [0.2, 0.25) is 10.0 Å². The molecule has 0 radical (unpaired) electrons. The van der Waals surface area contributed by atoms with Crippen LogP contribution in [0.25, 0.3) is 5.57 Å². The third-order valence-electron chi connectivity index (χ3n) is 4.41. The fraction of sp³-hybridized carbons (Fsp3) is 0.200. The van der Waals surface area contributed by atoms with E-state index in [1.807, 2.05) is 56.3 Å². The van der Waals surface area contributed by atoms with Crippen molar-refractivity contribution in [2.75, 3.05) is 13.1 Å². The summed E-state index contributed by atoms with van der Waals surface area (Å²) in [4.78, 5) is 0.340. The zero-order chi connectivity index (χ0) is 17.3. The van der Waals surface area contributed by atoms with Gasteiger partial charge >= 0.3 is 0 Å². The van der Waals surface area contributed by atoms with Crippen LogP contribution in [-0.2, 0) is 10.0 Å². The molecule has 1 aliphatic heterocycles. The smallest absolute Gasteiger partial charge is 0.207 e. The second-order valence-corrected chi connectivity index (χ2v) is 8.13. The highest BCUT2D eigenvalue weighted by Gasteiger charge is 2.31. The van der Waals surface area contributed by atoms with Crippen molar-refractivity contribution in [2.45, 2.75) is 18.7 Å². The van der Waals surface area contributed by atoms with Crippen molar-refractivity contribution in [2.24, 2.45) is 0 Å². The van der Waals surface area contributed by atoms with Crippen molar-refractivity contribution in [3.8, 4) is 0 Å². The molecule has 2 aromatic rings. The van der Waals surface area contributed by atoms with Gasteiger partial charge in [0.1, 0.15) is 0 Å². The highest BCUT2D eigenvalue weighted by molar-refractivity contribution is 7.89. The van der Waals surface area contributed by atoms with Gasteiger partial charge in [-0.15, -0.1) is 0 Å². The Bertz CT molecular complexity index is 894. The zero-order valence-electron chi connectivity index (χ0n) is 14.0. The molecule has 0 fully saturated rings. The normalized spacial score (nSPS) is 15.8. The molecule has 3 rings (SSSR count). The number of sulfonamides is 1. The third-order valence-corrected chi connectivity index (χ3v) is 6.21. The molecule has 2 aromatic carbocycles. The van der Waals surface area contributed by atoms with E-state index < -0.39 is 10.0 Å². The third kappa shape index (κ3) is 3.07. The van der Waals surface area contributed by atoms with Crippen molar-refractivity contribution >= 4 is 15.6 Å². The lowest BCUT2D eigenvalue weighted by Crippen LogP contribution is -2.29. The fourth-order valence-electron chi connectivity index (χ4n) is 2.92. The average molecular weight is 339 g/mol. The Hall–Kier alpha value is -2.17. The van der Waals surface area contributed by atoms with E-state index in [0.717, 1.165) is 27.8 Å². The van der Waals surface area contributed by atoms with Crippen LogP contribution in [0, 0.1) is 6.92 Å². The first-order chi connectivity index (χ1) is 11.4. The van der Waals surface area contributed by atoms with E-state index >= 15 is 0 Å². The summed E-state index contributed by atoms with van der Waals surface area (Å²) >= 11 is 0. The summed E-state index contributed by atoms with van der Waals surface area (Å²) in [7, 11) is -3.49. The van der Waals surface area contributed by atoms with E-state index in [4.69, 9.17) is 0 Å². The van der Waals surface area contributed by atoms with Crippen LogP contribution in [0.2, 0.25) is 0 Å². The fourth-order valence-corrected chi connectivity index (χ4v) is 4.36. The minimum Gasteiger partial charge on any atom is -0.207 e. The quantitative estimate of drug-likeness (QED) is 0.843. The summed E-state index contributed by atoms with van der Waals surface area (Å²) in [6.45, 7) is 8.89. The number of nitrogens with zero attached hydrogens (tertiary/aromatic N) is 1. The molecule has 0 N–H and O–H groups in total. The predicted octanol–water partition coefficient (Wildman–Crippen LogP) is 4.03. The van der Waals surface area contributed by atoms with Crippen molar-refractivity contribution in [3.63, 3.8) is 0 Å². The first-order valence-electron chi connectivity index (χ1n) is 7.90. The van der Waals surface area contributed by atoms with Gasteiger partial charge in [-0.05, 0) is 42.7 Å². The molecule has 3 nitrogen and oxygen atoms in total. The first kappa shape index (κ1) is 16.7. The van der Waals surface area contributed by atoms with E-state index in [1.54, 1.807) is 12.1 Å². The Morgan fingerprint density at radius 2 is 1.58 bits per heavy atom. The lowest BCUT2D eigenvalue weighted by Gasteiger charge is -2.17. The zero-order valence-corrected chi connectivity index (χ0v) is 14.8. The number of benzene rings is 2. The monoisotopic (exact) mass is 339 g/mol. The number of rotatable bonds is 4. The van der Waals surface area contributed by atoms with Gasteiger partial charge < -0.3 is 0 Å². The maximum absolute atomic E-state index is 12.9. The SMILES string of the molecule is C=C(C1=C(C)CN(S(=O)(=O)c2ccc(C)cc2)C1)c1ccccc1. The van der Waals surface area contributed by atoms with Gasteiger partial charge in [0, 0.05) is 13.1 Å². The van der Waals surface area contributed by atoms with Crippen LogP contribution in [-0.4, -0.2) is 25.8 Å². The molecular formula is C20H21NO2S. The Morgan fingerprint density at radius 3 is 2.21 bits per heavy atom. The number of hydrogen-bond donors (Lipinski definition) is 0. The Balaban J connectivity index is 1.85. The second-order valence-electron chi connectivity index (χ2n) is 6.19. The van der Waals surface area contributed by atoms with Crippen molar-refractivity contribution in [1.29, 1.82) is 0 Å². The lowest BCUT2D eigenvalue weighted by atomic mass is 9.98. The van der Waals surface area contributed by atoms with Crippen LogP contribution in [0.3, 0.4) is 0 Å². The molecule has 0 unspecified atom stereocenters. The number of aryl methyl sites for hydroxylation is 1. The van der Waals surface area contributed by atoms with Gasteiger partial charge in [-0.2, -0.15) is 4.31 Å². The number of hydrogen-bond acceptors (Lipinski definition) is 2. The molecule has 0 atom stereocenters. The Kier molecular flexibility index (Phi) is 4.43. The second kappa shape index (κ2) is 6.38. The van der Waals surface area contributed by atoms with Gasteiger partial charge in [0.05, 0.1) is 4.90 Å². The Labute approximate surface area is 144 Å². The van der Waals surface area contributed by atoms with E-state index in [2.05, 4.69) is 6.58 Å². The maximum atomic E-state index is 12.9. The van der Waals surface area contributed by atoms with Crippen LogP contribution in [0.5, 0.6) is 0 Å². The van der Waals surface area contributed by atoms with E-state index in [-0.39, 0.29) is 0 Å². The largest absolute Gasteiger partial charge is 0.243 e. The average Bonchev–Trinajstić information content (AvgIpc) is 2.98. The molecule has 0 bridgehead atoms. The summed E-state index contributed by atoms with van der Waals surface area (Å²) in [5.74, 6) is 0. The lowest BCUT2D eigenvalue weighted by molar-refractivity contribution is 0.482. The highest BCUT2D eigenvalue weighted by Crippen LogP contribution is 2.32.